The van der Waals surface area contributed by atoms with Crippen LogP contribution < -0.4 is 14.8 Å². The van der Waals surface area contributed by atoms with Crippen LogP contribution in [0.1, 0.15) is 16.7 Å². The second-order valence-corrected chi connectivity index (χ2v) is 6.95. The Morgan fingerprint density at radius 1 is 1.00 bits per heavy atom. The van der Waals surface area contributed by atoms with E-state index in [1.165, 1.54) is 12.1 Å². The Morgan fingerprint density at radius 2 is 1.74 bits per heavy atom. The van der Waals surface area contributed by atoms with Crippen LogP contribution in [-0.2, 0) is 17.6 Å². The largest absolute Gasteiger partial charge is 0.497 e. The first kappa shape index (κ1) is 21.8. The summed E-state index contributed by atoms with van der Waals surface area (Å²) in [7, 11) is 1.62. The Kier molecular flexibility index (Phi) is 7.59. The fourth-order valence-corrected chi connectivity index (χ4v) is 3.11. The van der Waals surface area contributed by atoms with Crippen molar-refractivity contribution >= 4 is 11.6 Å². The number of rotatable bonds is 10. The third kappa shape index (κ3) is 6.57. The van der Waals surface area contributed by atoms with Gasteiger partial charge in [-0.3, -0.25) is 14.9 Å². The summed E-state index contributed by atoms with van der Waals surface area (Å²) in [6, 6.07) is 21.7. The molecule has 0 atom stereocenters. The molecule has 0 saturated carbocycles. The Bertz CT molecular complexity index is 1020. The lowest BCUT2D eigenvalue weighted by atomic mass is 10.0. The van der Waals surface area contributed by atoms with E-state index in [1.807, 2.05) is 54.6 Å². The molecule has 1 N–H and O–H groups in total. The lowest BCUT2D eigenvalue weighted by molar-refractivity contribution is -0.384. The first-order valence-corrected chi connectivity index (χ1v) is 9.89. The van der Waals surface area contributed by atoms with Gasteiger partial charge in [-0.1, -0.05) is 42.5 Å². The Morgan fingerprint density at radius 3 is 2.42 bits per heavy atom. The number of methoxy groups -OCH3 is 1. The summed E-state index contributed by atoms with van der Waals surface area (Å²) in [5.41, 5.74) is 2.73. The van der Waals surface area contributed by atoms with Crippen molar-refractivity contribution in [2.45, 2.75) is 12.8 Å². The smallest absolute Gasteiger partial charge is 0.269 e. The average molecular weight is 420 g/mol. The maximum atomic E-state index is 12.2. The molecule has 0 aliphatic carbocycles. The fraction of sp³-hybridized carbons (Fsp3) is 0.208. The van der Waals surface area contributed by atoms with Gasteiger partial charge < -0.3 is 14.8 Å². The number of nitro benzene ring substituents is 1. The maximum absolute atomic E-state index is 12.2. The zero-order valence-corrected chi connectivity index (χ0v) is 17.2. The van der Waals surface area contributed by atoms with E-state index >= 15 is 0 Å². The van der Waals surface area contributed by atoms with Gasteiger partial charge in [-0.15, -0.1) is 0 Å². The van der Waals surface area contributed by atoms with E-state index in [0.29, 0.717) is 30.7 Å². The Hall–Kier alpha value is -3.87. The zero-order valence-electron chi connectivity index (χ0n) is 17.2. The highest BCUT2D eigenvalue weighted by atomic mass is 16.6. The number of nitrogens with zero attached hydrogens (tertiary/aromatic N) is 1. The Balaban J connectivity index is 1.56. The molecule has 0 aliphatic rings. The summed E-state index contributed by atoms with van der Waals surface area (Å²) in [5, 5.41) is 14.0. The van der Waals surface area contributed by atoms with Crippen LogP contribution in [-0.4, -0.2) is 31.1 Å². The molecule has 3 aromatic rings. The normalized spacial score (nSPS) is 10.4. The molecule has 7 nitrogen and oxygen atoms in total. The lowest BCUT2D eigenvalue weighted by Gasteiger charge is -2.12. The van der Waals surface area contributed by atoms with Crippen LogP contribution in [0.25, 0.3) is 0 Å². The highest BCUT2D eigenvalue weighted by Crippen LogP contribution is 2.26. The number of hydrogen-bond acceptors (Lipinski definition) is 5. The van der Waals surface area contributed by atoms with Crippen LogP contribution in [0.15, 0.2) is 72.8 Å². The van der Waals surface area contributed by atoms with E-state index < -0.39 is 4.92 Å². The first-order chi connectivity index (χ1) is 15.0. The number of benzene rings is 3. The third-order valence-corrected chi connectivity index (χ3v) is 4.75. The number of ether oxygens (including phenoxy) is 2. The number of nitrogens with one attached hydrogen (secondary N) is 1. The molecule has 3 rings (SSSR count). The second kappa shape index (κ2) is 10.8. The monoisotopic (exact) mass is 420 g/mol. The van der Waals surface area contributed by atoms with Gasteiger partial charge in [0.05, 0.1) is 12.0 Å². The fourth-order valence-electron chi connectivity index (χ4n) is 3.11. The second-order valence-electron chi connectivity index (χ2n) is 6.95. The van der Waals surface area contributed by atoms with Crippen molar-refractivity contribution in [3.05, 3.63) is 99.6 Å². The molecule has 0 aromatic heterocycles. The van der Waals surface area contributed by atoms with E-state index in [4.69, 9.17) is 9.47 Å². The van der Waals surface area contributed by atoms with Gasteiger partial charge in [0.15, 0.2) is 6.61 Å². The molecular weight excluding hydrogens is 396 g/mol. The Labute approximate surface area is 180 Å². The van der Waals surface area contributed by atoms with E-state index in [9.17, 15) is 14.9 Å². The quantitative estimate of drug-likeness (QED) is 0.396. The van der Waals surface area contributed by atoms with E-state index in [0.717, 1.165) is 16.9 Å². The summed E-state index contributed by atoms with van der Waals surface area (Å²) in [5.74, 6) is 0.993. The van der Waals surface area contributed by atoms with Crippen molar-refractivity contribution in [2.24, 2.45) is 0 Å². The van der Waals surface area contributed by atoms with Crippen molar-refractivity contribution in [3.8, 4) is 11.5 Å². The summed E-state index contributed by atoms with van der Waals surface area (Å²) >= 11 is 0. The van der Waals surface area contributed by atoms with Gasteiger partial charge in [-0.25, -0.2) is 0 Å². The van der Waals surface area contributed by atoms with Crippen LogP contribution in [0, 0.1) is 10.1 Å². The number of carbonyl (C=O) groups is 1. The van der Waals surface area contributed by atoms with E-state index in [-0.39, 0.29) is 18.2 Å². The maximum Gasteiger partial charge on any atom is 0.269 e. The molecule has 0 heterocycles. The summed E-state index contributed by atoms with van der Waals surface area (Å²) in [4.78, 5) is 22.9. The molecule has 3 aromatic carbocycles. The highest BCUT2D eigenvalue weighted by Gasteiger charge is 2.13. The molecule has 7 heteroatoms. The minimum absolute atomic E-state index is 0.0118. The number of hydrogen-bond donors (Lipinski definition) is 1. The number of carbonyl (C=O) groups excluding carboxylic acids is 1. The SMILES string of the molecule is COc1ccc(CCNC(=O)COc2ccc([N+](=O)[O-])cc2Cc2ccccc2)cc1. The van der Waals surface area contributed by atoms with Gasteiger partial charge in [0.1, 0.15) is 11.5 Å². The van der Waals surface area contributed by atoms with Gasteiger partial charge in [0, 0.05) is 30.7 Å². The van der Waals surface area contributed by atoms with E-state index in [2.05, 4.69) is 5.32 Å². The third-order valence-electron chi connectivity index (χ3n) is 4.75. The molecule has 0 spiro atoms. The number of nitro groups is 1. The van der Waals surface area contributed by atoms with Crippen LogP contribution in [0.2, 0.25) is 0 Å². The van der Waals surface area contributed by atoms with Gasteiger partial charge in [0.2, 0.25) is 0 Å². The minimum atomic E-state index is -0.440. The first-order valence-electron chi connectivity index (χ1n) is 9.89. The van der Waals surface area contributed by atoms with Crippen molar-refractivity contribution in [1.29, 1.82) is 0 Å². The number of non-ortho nitro benzene ring substituents is 1. The molecule has 31 heavy (non-hydrogen) atoms. The molecular formula is C24H24N2O5. The molecule has 0 aliphatic heterocycles. The van der Waals surface area contributed by atoms with Crippen molar-refractivity contribution in [1.82, 2.24) is 5.32 Å². The van der Waals surface area contributed by atoms with Crippen LogP contribution in [0.5, 0.6) is 11.5 Å². The van der Waals surface area contributed by atoms with Gasteiger partial charge >= 0.3 is 0 Å². The van der Waals surface area contributed by atoms with Gasteiger partial charge in [-0.05, 0) is 35.7 Å². The molecule has 0 radical (unpaired) electrons. The zero-order chi connectivity index (χ0) is 22.1. The topological polar surface area (TPSA) is 90.7 Å². The van der Waals surface area contributed by atoms with Gasteiger partial charge in [-0.2, -0.15) is 0 Å². The molecule has 0 fully saturated rings. The molecule has 160 valence electrons. The standard InChI is InChI=1S/C24H24N2O5/c1-30-22-10-7-18(8-11-22)13-14-25-24(27)17-31-23-12-9-21(26(28)29)16-20(23)15-19-5-3-2-4-6-19/h2-12,16H,13-15,17H2,1H3,(H,25,27). The lowest BCUT2D eigenvalue weighted by Crippen LogP contribution is -2.30. The van der Waals surface area contributed by atoms with Crippen molar-refractivity contribution in [3.63, 3.8) is 0 Å². The van der Waals surface area contributed by atoms with Gasteiger partial charge in [0.25, 0.3) is 11.6 Å². The molecule has 1 amide bonds. The van der Waals surface area contributed by atoms with Crippen LogP contribution >= 0.6 is 0 Å². The summed E-state index contributed by atoms with van der Waals surface area (Å²) in [6.45, 7) is 0.313. The average Bonchev–Trinajstić information content (AvgIpc) is 2.79. The predicted octanol–water partition coefficient (Wildman–Crippen LogP) is 3.93. The van der Waals surface area contributed by atoms with Crippen LogP contribution in [0.3, 0.4) is 0 Å². The minimum Gasteiger partial charge on any atom is -0.497 e. The summed E-state index contributed by atoms with van der Waals surface area (Å²) < 4.78 is 10.8. The molecule has 0 saturated heterocycles. The van der Waals surface area contributed by atoms with E-state index in [1.54, 1.807) is 13.2 Å². The summed E-state index contributed by atoms with van der Waals surface area (Å²) in [6.07, 6.45) is 1.16. The number of amides is 1. The van der Waals surface area contributed by atoms with Crippen molar-refractivity contribution < 1.29 is 19.2 Å². The molecule has 0 unspecified atom stereocenters. The highest BCUT2D eigenvalue weighted by molar-refractivity contribution is 5.77. The van der Waals surface area contributed by atoms with Crippen LogP contribution in [0.4, 0.5) is 5.69 Å². The predicted molar refractivity (Wildman–Crippen MR) is 118 cm³/mol. The molecule has 0 bridgehead atoms. The van der Waals surface area contributed by atoms with Crippen molar-refractivity contribution in [2.75, 3.05) is 20.3 Å².